The maximum atomic E-state index is 5.14. The highest BCUT2D eigenvalue weighted by Gasteiger charge is 2.51. The lowest BCUT2D eigenvalue weighted by Gasteiger charge is -2.23. The van der Waals surface area contributed by atoms with Gasteiger partial charge in [-0.1, -0.05) is 0 Å². The van der Waals surface area contributed by atoms with E-state index >= 15 is 0 Å². The van der Waals surface area contributed by atoms with Gasteiger partial charge in [0.2, 0.25) is 0 Å². The summed E-state index contributed by atoms with van der Waals surface area (Å²) in [6.07, 6.45) is 7.39. The summed E-state index contributed by atoms with van der Waals surface area (Å²) in [6.45, 7) is 0.798. The van der Waals surface area contributed by atoms with E-state index in [1.807, 2.05) is 0 Å². The molecule has 0 radical (unpaired) electrons. The molecule has 2 nitrogen and oxygen atoms in total. The Morgan fingerprint density at radius 2 is 1.62 bits per heavy atom. The highest BCUT2D eigenvalue weighted by molar-refractivity contribution is 5.01. The molecule has 4 atom stereocenters. The molecule has 0 amide bonds. The Hall–Kier alpha value is -0.0800. The molecule has 0 spiro atoms. The summed E-state index contributed by atoms with van der Waals surface area (Å²) in [6, 6.07) is 0. The van der Waals surface area contributed by atoms with E-state index in [0.717, 1.165) is 36.2 Å². The van der Waals surface area contributed by atoms with Gasteiger partial charge in [0, 0.05) is 0 Å². The van der Waals surface area contributed by atoms with Gasteiger partial charge in [0.05, 0.1) is 6.61 Å². The van der Waals surface area contributed by atoms with Crippen LogP contribution in [0.3, 0.4) is 0 Å². The number of rotatable bonds is 2. The zero-order chi connectivity index (χ0) is 8.84. The molecule has 0 saturated heterocycles. The van der Waals surface area contributed by atoms with E-state index in [1.165, 1.54) is 25.7 Å². The topological polar surface area (TPSA) is 35.2 Å². The van der Waals surface area contributed by atoms with Crippen LogP contribution in [0.1, 0.15) is 32.1 Å². The van der Waals surface area contributed by atoms with Crippen molar-refractivity contribution in [3.63, 3.8) is 0 Å². The van der Waals surface area contributed by atoms with Gasteiger partial charge >= 0.3 is 0 Å². The van der Waals surface area contributed by atoms with E-state index in [4.69, 9.17) is 10.7 Å². The second-order valence-corrected chi connectivity index (χ2v) is 5.33. The van der Waals surface area contributed by atoms with Gasteiger partial charge in [-0.05, 0) is 61.7 Å². The fraction of sp³-hybridized carbons (Fsp3) is 1.00. The monoisotopic (exact) mass is 181 g/mol. The fourth-order valence-electron chi connectivity index (χ4n) is 4.40. The predicted molar refractivity (Wildman–Crippen MR) is 50.7 cm³/mol. The highest BCUT2D eigenvalue weighted by Crippen LogP contribution is 2.59. The lowest BCUT2D eigenvalue weighted by Crippen LogP contribution is -2.15. The summed E-state index contributed by atoms with van der Waals surface area (Å²) in [5.74, 6) is 10.2. The summed E-state index contributed by atoms with van der Waals surface area (Å²) in [5.41, 5.74) is 0. The van der Waals surface area contributed by atoms with Crippen molar-refractivity contribution in [3.8, 4) is 0 Å². The largest absolute Gasteiger partial charge is 0.304 e. The Morgan fingerprint density at radius 3 is 2.15 bits per heavy atom. The van der Waals surface area contributed by atoms with Crippen molar-refractivity contribution in [2.24, 2.45) is 35.5 Å². The molecule has 74 valence electrons. The molecule has 0 aromatic heterocycles. The van der Waals surface area contributed by atoms with Crippen molar-refractivity contribution >= 4 is 0 Å². The zero-order valence-electron chi connectivity index (χ0n) is 8.11. The Kier molecular flexibility index (Phi) is 1.88. The van der Waals surface area contributed by atoms with Crippen LogP contribution in [-0.4, -0.2) is 6.61 Å². The van der Waals surface area contributed by atoms with Crippen LogP contribution in [0.2, 0.25) is 0 Å². The van der Waals surface area contributed by atoms with Gasteiger partial charge in [0.1, 0.15) is 0 Å². The maximum absolute atomic E-state index is 5.14. The van der Waals surface area contributed by atoms with Crippen molar-refractivity contribution in [2.45, 2.75) is 32.1 Å². The third kappa shape index (κ3) is 1.15. The smallest absolute Gasteiger partial charge is 0.0707 e. The molecule has 0 aromatic rings. The SMILES string of the molecule is NOCC1CC2C3CCC(C3)C2C1. The van der Waals surface area contributed by atoms with Crippen molar-refractivity contribution in [1.29, 1.82) is 0 Å². The molecular formula is C11H19NO. The summed E-state index contributed by atoms with van der Waals surface area (Å²) in [7, 11) is 0. The minimum Gasteiger partial charge on any atom is -0.304 e. The van der Waals surface area contributed by atoms with Gasteiger partial charge in [-0.15, -0.1) is 0 Å². The minimum atomic E-state index is 0.781. The molecule has 3 rings (SSSR count). The number of hydrogen-bond donors (Lipinski definition) is 1. The molecule has 3 aliphatic rings. The molecule has 0 heterocycles. The highest BCUT2D eigenvalue weighted by atomic mass is 16.6. The third-order valence-electron chi connectivity index (χ3n) is 4.82. The second-order valence-electron chi connectivity index (χ2n) is 5.33. The normalized spacial score (nSPS) is 52.8. The van der Waals surface area contributed by atoms with Crippen LogP contribution >= 0.6 is 0 Å². The molecule has 2 N–H and O–H groups in total. The first-order valence-corrected chi connectivity index (χ1v) is 5.70. The summed E-state index contributed by atoms with van der Waals surface area (Å²) in [5, 5.41) is 0. The van der Waals surface area contributed by atoms with Crippen molar-refractivity contribution in [2.75, 3.05) is 6.61 Å². The number of hydrogen-bond acceptors (Lipinski definition) is 2. The summed E-state index contributed by atoms with van der Waals surface area (Å²) < 4.78 is 0. The zero-order valence-corrected chi connectivity index (χ0v) is 8.11. The molecule has 0 aliphatic heterocycles. The number of fused-ring (bicyclic) bond motifs is 5. The second kappa shape index (κ2) is 2.96. The quantitative estimate of drug-likeness (QED) is 0.661. The minimum absolute atomic E-state index is 0.781. The van der Waals surface area contributed by atoms with E-state index < -0.39 is 0 Å². The van der Waals surface area contributed by atoms with Crippen LogP contribution in [-0.2, 0) is 4.84 Å². The van der Waals surface area contributed by atoms with Crippen LogP contribution in [0, 0.1) is 29.6 Å². The van der Waals surface area contributed by atoms with Gasteiger partial charge in [-0.3, -0.25) is 0 Å². The van der Waals surface area contributed by atoms with Crippen molar-refractivity contribution in [3.05, 3.63) is 0 Å². The molecule has 3 fully saturated rings. The van der Waals surface area contributed by atoms with E-state index in [-0.39, 0.29) is 0 Å². The van der Waals surface area contributed by atoms with E-state index in [9.17, 15) is 0 Å². The Balaban J connectivity index is 1.69. The fourth-order valence-corrected chi connectivity index (χ4v) is 4.40. The average molecular weight is 181 g/mol. The van der Waals surface area contributed by atoms with Gasteiger partial charge in [-0.2, -0.15) is 0 Å². The van der Waals surface area contributed by atoms with Crippen LogP contribution in [0.5, 0.6) is 0 Å². The van der Waals surface area contributed by atoms with Crippen LogP contribution < -0.4 is 5.90 Å². The first kappa shape index (κ1) is 8.25. The van der Waals surface area contributed by atoms with E-state index in [1.54, 1.807) is 6.42 Å². The lowest BCUT2D eigenvalue weighted by atomic mass is 9.82. The van der Waals surface area contributed by atoms with Gasteiger partial charge in [0.25, 0.3) is 0 Å². The molecule has 3 saturated carbocycles. The maximum Gasteiger partial charge on any atom is 0.0707 e. The molecule has 13 heavy (non-hydrogen) atoms. The summed E-state index contributed by atoms with van der Waals surface area (Å²) >= 11 is 0. The van der Waals surface area contributed by atoms with Gasteiger partial charge in [0.15, 0.2) is 0 Å². The Morgan fingerprint density at radius 1 is 1.00 bits per heavy atom. The molecule has 2 heteroatoms. The van der Waals surface area contributed by atoms with Crippen LogP contribution in [0.25, 0.3) is 0 Å². The first-order valence-electron chi connectivity index (χ1n) is 5.70. The van der Waals surface area contributed by atoms with E-state index in [0.29, 0.717) is 0 Å². The molecular weight excluding hydrogens is 162 g/mol. The van der Waals surface area contributed by atoms with Crippen molar-refractivity contribution in [1.82, 2.24) is 0 Å². The average Bonchev–Trinajstić information content (AvgIpc) is 2.72. The molecule has 2 bridgehead atoms. The first-order chi connectivity index (χ1) is 6.38. The summed E-state index contributed by atoms with van der Waals surface area (Å²) in [4.78, 5) is 4.78. The van der Waals surface area contributed by atoms with Crippen LogP contribution in [0.15, 0.2) is 0 Å². The number of nitrogens with two attached hydrogens (primary N) is 1. The lowest BCUT2D eigenvalue weighted by molar-refractivity contribution is 0.0990. The van der Waals surface area contributed by atoms with Gasteiger partial charge in [-0.25, -0.2) is 5.90 Å². The Bertz CT molecular complexity index is 188. The van der Waals surface area contributed by atoms with Crippen molar-refractivity contribution < 1.29 is 4.84 Å². The van der Waals surface area contributed by atoms with Gasteiger partial charge < -0.3 is 4.84 Å². The standard InChI is InChI=1S/C11H19NO/c12-13-6-7-3-10-8-1-2-9(5-8)11(10)4-7/h7-11H,1-6,12H2. The predicted octanol–water partition coefficient (Wildman–Crippen LogP) is 1.95. The molecule has 0 aromatic carbocycles. The Labute approximate surface area is 79.8 Å². The van der Waals surface area contributed by atoms with Crippen LogP contribution in [0.4, 0.5) is 0 Å². The molecule has 4 unspecified atom stereocenters. The molecule has 3 aliphatic carbocycles. The van der Waals surface area contributed by atoms with E-state index in [2.05, 4.69) is 0 Å². The third-order valence-corrected chi connectivity index (χ3v) is 4.82.